The summed E-state index contributed by atoms with van der Waals surface area (Å²) in [6.07, 6.45) is 4.17. The van der Waals surface area contributed by atoms with Gasteiger partial charge in [0.15, 0.2) is 0 Å². The van der Waals surface area contributed by atoms with Gasteiger partial charge in [-0.05, 0) is 43.4 Å². The van der Waals surface area contributed by atoms with E-state index in [4.69, 9.17) is 0 Å². The van der Waals surface area contributed by atoms with Gasteiger partial charge >= 0.3 is 0 Å². The van der Waals surface area contributed by atoms with Gasteiger partial charge in [0.05, 0.1) is 6.54 Å². The molecule has 1 fully saturated rings. The minimum atomic E-state index is 0.283. The molecule has 1 aromatic heterocycles. The standard InChI is InChI=1S/C19H23N5/c1-15-6-5-7-16(12-15)8-9-17-21-22-18-13-20-14-19(24(17)18)23-10-3-2-4-11-23/h5-7,12,19-20H,2-4,10-11,13-14H2,1H3. The smallest absolute Gasteiger partial charge is 0.209 e. The zero-order valence-electron chi connectivity index (χ0n) is 14.1. The highest BCUT2D eigenvalue weighted by Crippen LogP contribution is 2.23. The quantitative estimate of drug-likeness (QED) is 0.817. The third kappa shape index (κ3) is 3.08. The molecule has 0 aliphatic carbocycles. The minimum absolute atomic E-state index is 0.283. The molecule has 1 N–H and O–H groups in total. The van der Waals surface area contributed by atoms with Crippen molar-refractivity contribution in [2.75, 3.05) is 19.6 Å². The van der Waals surface area contributed by atoms with E-state index < -0.39 is 0 Å². The van der Waals surface area contributed by atoms with E-state index in [1.807, 2.05) is 12.1 Å². The van der Waals surface area contributed by atoms with Gasteiger partial charge in [-0.2, -0.15) is 0 Å². The maximum Gasteiger partial charge on any atom is 0.209 e. The maximum absolute atomic E-state index is 4.35. The number of benzene rings is 1. The molecule has 1 aromatic carbocycles. The number of nitrogens with one attached hydrogen (secondary N) is 1. The van der Waals surface area contributed by atoms with Crippen LogP contribution < -0.4 is 5.32 Å². The van der Waals surface area contributed by atoms with E-state index in [0.29, 0.717) is 0 Å². The Morgan fingerprint density at radius 1 is 1.12 bits per heavy atom. The van der Waals surface area contributed by atoms with Crippen molar-refractivity contribution in [2.24, 2.45) is 0 Å². The largest absolute Gasteiger partial charge is 0.306 e. The summed E-state index contributed by atoms with van der Waals surface area (Å²) in [5, 5.41) is 12.2. The van der Waals surface area contributed by atoms with Crippen molar-refractivity contribution in [1.82, 2.24) is 25.0 Å². The Morgan fingerprint density at radius 3 is 2.83 bits per heavy atom. The maximum atomic E-state index is 4.35. The Bertz CT molecular complexity index is 777. The van der Waals surface area contributed by atoms with Gasteiger partial charge in [-0.3, -0.25) is 9.47 Å². The van der Waals surface area contributed by atoms with Gasteiger partial charge in [-0.25, -0.2) is 0 Å². The van der Waals surface area contributed by atoms with Crippen LogP contribution in [0.5, 0.6) is 0 Å². The molecule has 1 saturated heterocycles. The van der Waals surface area contributed by atoms with Crippen LogP contribution in [0.2, 0.25) is 0 Å². The van der Waals surface area contributed by atoms with Gasteiger partial charge in [0.25, 0.3) is 0 Å². The Balaban J connectivity index is 1.65. The molecule has 124 valence electrons. The number of hydrogen-bond donors (Lipinski definition) is 1. The summed E-state index contributed by atoms with van der Waals surface area (Å²) in [5.74, 6) is 8.27. The van der Waals surface area contributed by atoms with Gasteiger partial charge in [-0.15, -0.1) is 10.2 Å². The molecule has 5 heteroatoms. The molecule has 4 rings (SSSR count). The van der Waals surface area contributed by atoms with E-state index in [-0.39, 0.29) is 6.17 Å². The van der Waals surface area contributed by atoms with E-state index in [2.05, 4.69) is 55.9 Å². The van der Waals surface area contributed by atoms with Crippen molar-refractivity contribution >= 4 is 0 Å². The average molecular weight is 321 g/mol. The number of fused-ring (bicyclic) bond motifs is 1. The fourth-order valence-corrected chi connectivity index (χ4v) is 3.61. The minimum Gasteiger partial charge on any atom is -0.306 e. The Kier molecular flexibility index (Phi) is 4.33. The van der Waals surface area contributed by atoms with E-state index >= 15 is 0 Å². The monoisotopic (exact) mass is 321 g/mol. The fourth-order valence-electron chi connectivity index (χ4n) is 3.61. The van der Waals surface area contributed by atoms with Crippen LogP contribution in [-0.2, 0) is 6.54 Å². The lowest BCUT2D eigenvalue weighted by atomic mass is 10.1. The van der Waals surface area contributed by atoms with Crippen molar-refractivity contribution in [3.63, 3.8) is 0 Å². The lowest BCUT2D eigenvalue weighted by Crippen LogP contribution is -2.46. The van der Waals surface area contributed by atoms with Crippen molar-refractivity contribution < 1.29 is 0 Å². The van der Waals surface area contributed by atoms with Gasteiger partial charge in [0.1, 0.15) is 12.0 Å². The summed E-state index contributed by atoms with van der Waals surface area (Å²) < 4.78 is 2.24. The van der Waals surface area contributed by atoms with Crippen LogP contribution in [0.3, 0.4) is 0 Å². The molecule has 5 nitrogen and oxygen atoms in total. The van der Waals surface area contributed by atoms with E-state index in [9.17, 15) is 0 Å². The molecule has 3 heterocycles. The molecule has 24 heavy (non-hydrogen) atoms. The third-order valence-electron chi connectivity index (χ3n) is 4.82. The van der Waals surface area contributed by atoms with Crippen molar-refractivity contribution in [2.45, 2.75) is 38.9 Å². The van der Waals surface area contributed by atoms with Gasteiger partial charge in [0, 0.05) is 25.2 Å². The second-order valence-electron chi connectivity index (χ2n) is 6.64. The number of hydrogen-bond acceptors (Lipinski definition) is 4. The average Bonchev–Trinajstić information content (AvgIpc) is 3.04. The van der Waals surface area contributed by atoms with Gasteiger partial charge in [0.2, 0.25) is 5.82 Å². The number of aryl methyl sites for hydroxylation is 1. The Morgan fingerprint density at radius 2 is 2.00 bits per heavy atom. The first kappa shape index (κ1) is 15.4. The van der Waals surface area contributed by atoms with Crippen LogP contribution in [0.4, 0.5) is 0 Å². The molecular formula is C19H23N5. The second-order valence-corrected chi connectivity index (χ2v) is 6.64. The van der Waals surface area contributed by atoms with E-state index in [0.717, 1.165) is 43.4 Å². The predicted molar refractivity (Wildman–Crippen MR) is 93.3 cm³/mol. The lowest BCUT2D eigenvalue weighted by Gasteiger charge is -2.38. The predicted octanol–water partition coefficient (Wildman–Crippen LogP) is 2.07. The third-order valence-corrected chi connectivity index (χ3v) is 4.82. The van der Waals surface area contributed by atoms with Crippen molar-refractivity contribution in [1.29, 1.82) is 0 Å². The van der Waals surface area contributed by atoms with E-state index in [1.54, 1.807) is 0 Å². The van der Waals surface area contributed by atoms with Gasteiger partial charge in [-0.1, -0.05) is 24.5 Å². The summed E-state index contributed by atoms with van der Waals surface area (Å²) >= 11 is 0. The normalized spacial score (nSPS) is 21.0. The van der Waals surface area contributed by atoms with Crippen LogP contribution in [0.25, 0.3) is 0 Å². The molecule has 2 aromatic rings. The first-order valence-electron chi connectivity index (χ1n) is 8.78. The zero-order chi connectivity index (χ0) is 16.4. The zero-order valence-corrected chi connectivity index (χ0v) is 14.1. The van der Waals surface area contributed by atoms with Crippen LogP contribution in [-0.4, -0.2) is 39.3 Å². The van der Waals surface area contributed by atoms with Crippen molar-refractivity contribution in [3.05, 3.63) is 47.0 Å². The first-order valence-corrected chi connectivity index (χ1v) is 8.78. The molecule has 2 aliphatic heterocycles. The summed E-state index contributed by atoms with van der Waals surface area (Å²) in [7, 11) is 0. The first-order chi connectivity index (χ1) is 11.8. The van der Waals surface area contributed by atoms with E-state index in [1.165, 1.54) is 24.8 Å². The molecule has 1 atom stereocenters. The number of rotatable bonds is 1. The summed E-state index contributed by atoms with van der Waals surface area (Å²) in [5.41, 5.74) is 2.25. The second kappa shape index (κ2) is 6.76. The van der Waals surface area contributed by atoms with Crippen molar-refractivity contribution in [3.8, 4) is 11.8 Å². The Labute approximate surface area is 143 Å². The Hall–Kier alpha value is -2.16. The van der Waals surface area contributed by atoms with Crippen LogP contribution in [0.1, 0.15) is 48.2 Å². The molecular weight excluding hydrogens is 298 g/mol. The molecule has 0 saturated carbocycles. The molecule has 1 unspecified atom stereocenters. The van der Waals surface area contributed by atoms with Gasteiger partial charge < -0.3 is 5.32 Å². The highest BCUT2D eigenvalue weighted by molar-refractivity contribution is 5.40. The summed E-state index contributed by atoms with van der Waals surface area (Å²) in [6, 6.07) is 8.27. The number of likely N-dealkylation sites (tertiary alicyclic amines) is 1. The van der Waals surface area contributed by atoms with Crippen LogP contribution in [0, 0.1) is 18.8 Å². The molecule has 0 bridgehead atoms. The highest BCUT2D eigenvalue weighted by atomic mass is 15.4. The van der Waals surface area contributed by atoms with Crippen LogP contribution >= 0.6 is 0 Å². The summed E-state index contributed by atoms with van der Waals surface area (Å²) in [6.45, 7) is 6.08. The molecule has 2 aliphatic rings. The molecule has 0 radical (unpaired) electrons. The van der Waals surface area contributed by atoms with Crippen LogP contribution in [0.15, 0.2) is 24.3 Å². The topological polar surface area (TPSA) is 46.0 Å². The number of piperidine rings is 1. The molecule has 0 amide bonds. The summed E-state index contributed by atoms with van der Waals surface area (Å²) in [4.78, 5) is 2.54. The SMILES string of the molecule is Cc1cccc(C#Cc2nnc3n2C(N2CCCCC2)CNC3)c1. The highest BCUT2D eigenvalue weighted by Gasteiger charge is 2.29. The molecule has 0 spiro atoms. The number of nitrogens with zero attached hydrogens (tertiary/aromatic N) is 4. The number of aromatic nitrogens is 3. The fraction of sp³-hybridized carbons (Fsp3) is 0.474. The lowest BCUT2D eigenvalue weighted by molar-refractivity contribution is 0.0979.